The summed E-state index contributed by atoms with van der Waals surface area (Å²) >= 11 is 0. The van der Waals surface area contributed by atoms with Crippen LogP contribution in [0.2, 0.25) is 0 Å². The predicted octanol–water partition coefficient (Wildman–Crippen LogP) is 2.42. The maximum absolute atomic E-state index is 13.7. The first kappa shape index (κ1) is 15.0. The van der Waals surface area contributed by atoms with E-state index in [1.807, 2.05) is 0 Å². The fourth-order valence-electron chi connectivity index (χ4n) is 2.97. The maximum atomic E-state index is 13.7. The Morgan fingerprint density at radius 3 is 2.70 bits per heavy atom. The largest absolute Gasteiger partial charge is 0.341 e. The zero-order valence-corrected chi connectivity index (χ0v) is 12.4. The molecule has 1 aromatic carbocycles. The van der Waals surface area contributed by atoms with E-state index in [9.17, 15) is 9.18 Å². The first-order valence-electron chi connectivity index (χ1n) is 7.17. The summed E-state index contributed by atoms with van der Waals surface area (Å²) < 4.78 is 13.7. The number of nitrogens with one attached hydrogen (secondary N) is 1. The monoisotopic (exact) mass is 278 g/mol. The van der Waals surface area contributed by atoms with Crippen LogP contribution in [-0.4, -0.2) is 30.9 Å². The number of nitrogens with zero attached hydrogens (tertiary/aromatic N) is 1. The molecule has 1 amide bonds. The average molecular weight is 278 g/mol. The molecule has 110 valence electrons. The maximum Gasteiger partial charge on any atom is 0.230 e. The van der Waals surface area contributed by atoms with Crippen LogP contribution in [0.1, 0.15) is 25.8 Å². The first-order chi connectivity index (χ1) is 9.47. The van der Waals surface area contributed by atoms with Crippen LogP contribution in [-0.2, 0) is 11.3 Å². The van der Waals surface area contributed by atoms with E-state index in [1.165, 1.54) is 6.07 Å². The molecule has 1 aromatic rings. The second-order valence-corrected chi connectivity index (χ2v) is 5.99. The molecule has 0 aliphatic carbocycles. The molecule has 20 heavy (non-hydrogen) atoms. The number of rotatable bonds is 4. The lowest BCUT2D eigenvalue weighted by Crippen LogP contribution is -2.46. The molecule has 0 bridgehead atoms. The van der Waals surface area contributed by atoms with Crippen LogP contribution < -0.4 is 5.32 Å². The number of benzene rings is 1. The van der Waals surface area contributed by atoms with Crippen LogP contribution in [0.4, 0.5) is 4.39 Å². The van der Waals surface area contributed by atoms with Gasteiger partial charge >= 0.3 is 0 Å². The van der Waals surface area contributed by atoms with Crippen molar-refractivity contribution in [3.8, 4) is 0 Å². The highest BCUT2D eigenvalue weighted by molar-refractivity contribution is 5.83. The number of halogens is 1. The molecule has 4 heteroatoms. The summed E-state index contributed by atoms with van der Waals surface area (Å²) in [6, 6.07) is 6.63. The number of amides is 1. The lowest BCUT2D eigenvalue weighted by Gasteiger charge is -2.35. The summed E-state index contributed by atoms with van der Waals surface area (Å²) in [5, 5.41) is 3.28. The second-order valence-electron chi connectivity index (χ2n) is 5.99. The van der Waals surface area contributed by atoms with Gasteiger partial charge < -0.3 is 10.2 Å². The van der Waals surface area contributed by atoms with Gasteiger partial charge in [-0.15, -0.1) is 0 Å². The van der Waals surface area contributed by atoms with Crippen molar-refractivity contribution in [1.29, 1.82) is 0 Å². The van der Waals surface area contributed by atoms with Crippen LogP contribution >= 0.6 is 0 Å². The molecule has 0 spiro atoms. The summed E-state index contributed by atoms with van der Waals surface area (Å²) in [7, 11) is 1.76. The molecular formula is C16H23FN2O. The minimum absolute atomic E-state index is 0.112. The Morgan fingerprint density at radius 1 is 1.45 bits per heavy atom. The Bertz CT molecular complexity index is 481. The molecule has 1 aliphatic rings. The summed E-state index contributed by atoms with van der Waals surface area (Å²) in [5.74, 6) is 0.129. The Kier molecular flexibility index (Phi) is 4.43. The molecular weight excluding hydrogens is 255 g/mol. The zero-order chi connectivity index (χ0) is 14.8. The standard InChI is InChI=1S/C16H23FN2O/c1-12(2)16(8-9-18-11-16)15(20)19(3)10-13-6-4-5-7-14(13)17/h4-7,12,18H,8-11H2,1-3H3. The Balaban J connectivity index is 2.14. The molecule has 0 saturated carbocycles. The van der Waals surface area contributed by atoms with Gasteiger partial charge in [0.2, 0.25) is 5.91 Å². The van der Waals surface area contributed by atoms with Crippen molar-refractivity contribution in [2.75, 3.05) is 20.1 Å². The van der Waals surface area contributed by atoms with E-state index in [0.29, 0.717) is 18.7 Å². The van der Waals surface area contributed by atoms with E-state index in [1.54, 1.807) is 30.1 Å². The Labute approximate surface area is 120 Å². The Hall–Kier alpha value is -1.42. The molecule has 1 atom stereocenters. The normalized spacial score (nSPS) is 22.2. The highest BCUT2D eigenvalue weighted by atomic mass is 19.1. The van der Waals surface area contributed by atoms with Gasteiger partial charge in [0.05, 0.1) is 5.41 Å². The van der Waals surface area contributed by atoms with Gasteiger partial charge in [0.25, 0.3) is 0 Å². The van der Waals surface area contributed by atoms with Gasteiger partial charge in [-0.2, -0.15) is 0 Å². The molecule has 3 nitrogen and oxygen atoms in total. The lowest BCUT2D eigenvalue weighted by molar-refractivity contribution is -0.142. The predicted molar refractivity (Wildman–Crippen MR) is 77.6 cm³/mol. The molecule has 2 rings (SSSR count). The van der Waals surface area contributed by atoms with Crippen LogP contribution in [0.25, 0.3) is 0 Å². The Morgan fingerprint density at radius 2 is 2.15 bits per heavy atom. The topological polar surface area (TPSA) is 32.3 Å². The van der Waals surface area contributed by atoms with Gasteiger partial charge in [-0.1, -0.05) is 32.0 Å². The zero-order valence-electron chi connectivity index (χ0n) is 12.4. The average Bonchev–Trinajstić information content (AvgIpc) is 2.91. The smallest absolute Gasteiger partial charge is 0.230 e. The first-order valence-corrected chi connectivity index (χ1v) is 7.17. The van der Waals surface area contributed by atoms with Gasteiger partial charge in [-0.25, -0.2) is 4.39 Å². The molecule has 1 saturated heterocycles. The van der Waals surface area contributed by atoms with E-state index < -0.39 is 0 Å². The van der Waals surface area contributed by atoms with Crippen LogP contribution in [0, 0.1) is 17.2 Å². The molecule has 0 radical (unpaired) electrons. The minimum atomic E-state index is -0.347. The SMILES string of the molecule is CC(C)C1(C(=O)N(C)Cc2ccccc2F)CCNC1. The van der Waals surface area contributed by atoms with Gasteiger partial charge in [-0.3, -0.25) is 4.79 Å². The molecule has 1 N–H and O–H groups in total. The molecule has 1 unspecified atom stereocenters. The molecule has 1 fully saturated rings. The van der Waals surface area contributed by atoms with Crippen LogP contribution in [0.5, 0.6) is 0 Å². The highest BCUT2D eigenvalue weighted by Gasteiger charge is 2.45. The van der Waals surface area contributed by atoms with Gasteiger partial charge in [0, 0.05) is 25.7 Å². The third-order valence-electron chi connectivity index (χ3n) is 4.43. The van der Waals surface area contributed by atoms with E-state index in [2.05, 4.69) is 19.2 Å². The summed E-state index contributed by atoms with van der Waals surface area (Å²) in [6.45, 7) is 6.08. The molecule has 0 aromatic heterocycles. The summed E-state index contributed by atoms with van der Waals surface area (Å²) in [6.07, 6.45) is 0.852. The second kappa shape index (κ2) is 5.92. The molecule has 1 aliphatic heterocycles. The third-order valence-corrected chi connectivity index (χ3v) is 4.43. The van der Waals surface area contributed by atoms with Crippen molar-refractivity contribution in [2.24, 2.45) is 11.3 Å². The minimum Gasteiger partial charge on any atom is -0.341 e. The fourth-order valence-corrected chi connectivity index (χ4v) is 2.97. The summed E-state index contributed by atoms with van der Waals surface area (Å²) in [5.41, 5.74) is 0.216. The van der Waals surface area contributed by atoms with Crippen molar-refractivity contribution in [2.45, 2.75) is 26.8 Å². The third kappa shape index (κ3) is 2.70. The highest BCUT2D eigenvalue weighted by Crippen LogP contribution is 2.36. The van der Waals surface area contributed by atoms with Gasteiger partial charge in [0.15, 0.2) is 0 Å². The van der Waals surface area contributed by atoms with Crippen molar-refractivity contribution in [1.82, 2.24) is 10.2 Å². The van der Waals surface area contributed by atoms with Crippen molar-refractivity contribution < 1.29 is 9.18 Å². The van der Waals surface area contributed by atoms with Gasteiger partial charge in [-0.05, 0) is 24.9 Å². The van der Waals surface area contributed by atoms with E-state index in [-0.39, 0.29) is 23.1 Å². The van der Waals surface area contributed by atoms with Crippen molar-refractivity contribution >= 4 is 5.91 Å². The fraction of sp³-hybridized carbons (Fsp3) is 0.562. The van der Waals surface area contributed by atoms with Crippen LogP contribution in [0.15, 0.2) is 24.3 Å². The van der Waals surface area contributed by atoms with E-state index in [0.717, 1.165) is 13.0 Å². The van der Waals surface area contributed by atoms with E-state index in [4.69, 9.17) is 0 Å². The number of carbonyl (C=O) groups is 1. The van der Waals surface area contributed by atoms with Crippen molar-refractivity contribution in [3.63, 3.8) is 0 Å². The number of hydrogen-bond donors (Lipinski definition) is 1. The quantitative estimate of drug-likeness (QED) is 0.917. The molecule has 1 heterocycles. The lowest BCUT2D eigenvalue weighted by atomic mass is 9.75. The van der Waals surface area contributed by atoms with Crippen LogP contribution in [0.3, 0.4) is 0 Å². The van der Waals surface area contributed by atoms with E-state index >= 15 is 0 Å². The number of carbonyl (C=O) groups excluding carboxylic acids is 1. The summed E-state index contributed by atoms with van der Waals surface area (Å²) in [4.78, 5) is 14.4. The van der Waals surface area contributed by atoms with Gasteiger partial charge in [0.1, 0.15) is 5.82 Å². The van der Waals surface area contributed by atoms with Crippen molar-refractivity contribution in [3.05, 3.63) is 35.6 Å². The number of hydrogen-bond acceptors (Lipinski definition) is 2.